The lowest BCUT2D eigenvalue weighted by molar-refractivity contribution is 0.0764. The average Bonchev–Trinajstić information content (AvgIpc) is 3.33. The lowest BCUT2D eigenvalue weighted by Gasteiger charge is -2.22. The van der Waals surface area contributed by atoms with Crippen LogP contribution in [0, 0.1) is 11.3 Å². The third-order valence-electron chi connectivity index (χ3n) is 5.08. The van der Waals surface area contributed by atoms with Gasteiger partial charge in [-0.1, -0.05) is 23.4 Å². The van der Waals surface area contributed by atoms with Crippen molar-refractivity contribution in [2.75, 3.05) is 6.54 Å². The molecule has 0 spiro atoms. The SMILES string of the molecule is CC(C)(O)CNC1CCc2c(-c3noc(-c4ccc(O)c(C#N)c4)n3)cccc21. The van der Waals surface area contributed by atoms with E-state index in [-0.39, 0.29) is 17.4 Å². The van der Waals surface area contributed by atoms with Crippen LogP contribution < -0.4 is 5.32 Å². The molecule has 0 aliphatic heterocycles. The quantitative estimate of drug-likeness (QED) is 0.612. The maximum absolute atomic E-state index is 9.99. The van der Waals surface area contributed by atoms with Crippen LogP contribution in [0.4, 0.5) is 0 Å². The lowest BCUT2D eigenvalue weighted by Crippen LogP contribution is -2.36. The smallest absolute Gasteiger partial charge is 0.258 e. The van der Waals surface area contributed by atoms with E-state index in [1.807, 2.05) is 18.2 Å². The Kier molecular flexibility index (Phi) is 4.82. The van der Waals surface area contributed by atoms with E-state index < -0.39 is 5.60 Å². The van der Waals surface area contributed by atoms with Crippen molar-refractivity contribution in [3.8, 4) is 34.7 Å². The van der Waals surface area contributed by atoms with Crippen molar-refractivity contribution in [3.05, 3.63) is 53.1 Å². The molecule has 0 saturated heterocycles. The number of hydrogen-bond acceptors (Lipinski definition) is 7. The largest absolute Gasteiger partial charge is 0.507 e. The second kappa shape index (κ2) is 7.32. The molecule has 2 aromatic carbocycles. The molecule has 1 heterocycles. The Labute approximate surface area is 168 Å². The second-order valence-electron chi connectivity index (χ2n) is 7.92. The molecule has 148 valence electrons. The highest BCUT2D eigenvalue weighted by Gasteiger charge is 2.27. The number of phenols is 1. The maximum atomic E-state index is 9.99. The van der Waals surface area contributed by atoms with Crippen molar-refractivity contribution in [2.45, 2.75) is 38.3 Å². The molecular formula is C22H22N4O3. The number of aliphatic hydroxyl groups is 1. The summed E-state index contributed by atoms with van der Waals surface area (Å²) in [5.41, 5.74) is 3.25. The second-order valence-corrected chi connectivity index (χ2v) is 7.92. The molecule has 0 amide bonds. The van der Waals surface area contributed by atoms with Gasteiger partial charge in [0.2, 0.25) is 5.82 Å². The summed E-state index contributed by atoms with van der Waals surface area (Å²) in [7, 11) is 0. The first-order chi connectivity index (χ1) is 13.9. The van der Waals surface area contributed by atoms with Gasteiger partial charge in [-0.3, -0.25) is 0 Å². The van der Waals surface area contributed by atoms with E-state index in [1.54, 1.807) is 19.9 Å². The molecule has 1 aromatic heterocycles. The number of fused-ring (bicyclic) bond motifs is 1. The van der Waals surface area contributed by atoms with Crippen molar-refractivity contribution >= 4 is 0 Å². The van der Waals surface area contributed by atoms with Crippen LogP contribution in [-0.2, 0) is 6.42 Å². The van der Waals surface area contributed by atoms with Crippen molar-refractivity contribution in [1.29, 1.82) is 5.26 Å². The first-order valence-corrected chi connectivity index (χ1v) is 9.51. The molecule has 3 N–H and O–H groups in total. The number of rotatable bonds is 5. The Balaban J connectivity index is 1.63. The minimum Gasteiger partial charge on any atom is -0.507 e. The molecule has 1 unspecified atom stereocenters. The van der Waals surface area contributed by atoms with E-state index in [0.29, 0.717) is 23.8 Å². The Morgan fingerprint density at radius 1 is 1.31 bits per heavy atom. The number of aromatic nitrogens is 2. The molecule has 7 heteroatoms. The Morgan fingerprint density at radius 3 is 2.90 bits per heavy atom. The van der Waals surface area contributed by atoms with Crippen LogP contribution in [0.3, 0.4) is 0 Å². The Morgan fingerprint density at radius 2 is 2.14 bits per heavy atom. The van der Waals surface area contributed by atoms with Crippen LogP contribution in [0.1, 0.15) is 43.0 Å². The van der Waals surface area contributed by atoms with Gasteiger partial charge in [-0.2, -0.15) is 10.2 Å². The minimum absolute atomic E-state index is 0.0820. The van der Waals surface area contributed by atoms with Crippen LogP contribution in [0.15, 0.2) is 40.9 Å². The molecule has 29 heavy (non-hydrogen) atoms. The molecule has 1 aliphatic carbocycles. The van der Waals surface area contributed by atoms with Gasteiger partial charge in [0.15, 0.2) is 0 Å². The lowest BCUT2D eigenvalue weighted by atomic mass is 10.0. The molecule has 1 atom stereocenters. The Hall–Kier alpha value is -3.21. The van der Waals surface area contributed by atoms with Crippen LogP contribution in [0.2, 0.25) is 0 Å². The van der Waals surface area contributed by atoms with E-state index in [4.69, 9.17) is 9.78 Å². The summed E-state index contributed by atoms with van der Waals surface area (Å²) in [6, 6.07) is 12.8. The summed E-state index contributed by atoms with van der Waals surface area (Å²) in [5, 5.41) is 36.3. The van der Waals surface area contributed by atoms with E-state index in [1.165, 1.54) is 23.3 Å². The summed E-state index contributed by atoms with van der Waals surface area (Å²) < 4.78 is 5.42. The van der Waals surface area contributed by atoms with Crippen molar-refractivity contribution < 1.29 is 14.7 Å². The van der Waals surface area contributed by atoms with Gasteiger partial charge in [-0.15, -0.1) is 0 Å². The summed E-state index contributed by atoms with van der Waals surface area (Å²) in [6.45, 7) is 4.08. The number of aromatic hydroxyl groups is 1. The van der Waals surface area contributed by atoms with E-state index in [9.17, 15) is 10.2 Å². The average molecular weight is 390 g/mol. The van der Waals surface area contributed by atoms with Gasteiger partial charge in [0.25, 0.3) is 5.89 Å². The zero-order valence-corrected chi connectivity index (χ0v) is 16.3. The number of hydrogen-bond donors (Lipinski definition) is 3. The standard InChI is InChI=1S/C22H22N4O3/c1-22(2,28)12-24-18-8-7-15-16(18)4-3-5-17(15)20-25-21(29-26-20)13-6-9-19(27)14(10-13)11-23/h3-6,9-10,18,24,27-28H,7-8,12H2,1-2H3. The van der Waals surface area contributed by atoms with Gasteiger partial charge in [-0.25, -0.2) is 0 Å². The monoisotopic (exact) mass is 390 g/mol. The van der Waals surface area contributed by atoms with Crippen molar-refractivity contribution in [3.63, 3.8) is 0 Å². The van der Waals surface area contributed by atoms with E-state index in [0.717, 1.165) is 18.4 Å². The van der Waals surface area contributed by atoms with Crippen LogP contribution in [0.5, 0.6) is 5.75 Å². The molecule has 7 nitrogen and oxygen atoms in total. The number of phenolic OH excluding ortho intramolecular Hbond substituents is 1. The van der Waals surface area contributed by atoms with Gasteiger partial charge in [-0.05, 0) is 56.0 Å². The van der Waals surface area contributed by atoms with Crippen LogP contribution in [0.25, 0.3) is 22.8 Å². The van der Waals surface area contributed by atoms with Gasteiger partial charge in [0.05, 0.1) is 11.2 Å². The van der Waals surface area contributed by atoms with E-state index in [2.05, 4.69) is 21.5 Å². The summed E-state index contributed by atoms with van der Waals surface area (Å²) in [4.78, 5) is 4.51. The minimum atomic E-state index is -0.769. The topological polar surface area (TPSA) is 115 Å². The van der Waals surface area contributed by atoms with Gasteiger partial charge >= 0.3 is 0 Å². The zero-order valence-electron chi connectivity index (χ0n) is 16.3. The fraction of sp³-hybridized carbons (Fsp3) is 0.318. The molecule has 1 aliphatic rings. The first-order valence-electron chi connectivity index (χ1n) is 9.51. The molecule has 0 radical (unpaired) electrons. The fourth-order valence-corrected chi connectivity index (χ4v) is 3.66. The van der Waals surface area contributed by atoms with Crippen molar-refractivity contribution in [2.24, 2.45) is 0 Å². The number of benzene rings is 2. The summed E-state index contributed by atoms with van der Waals surface area (Å²) in [5.74, 6) is 0.705. The third-order valence-corrected chi connectivity index (χ3v) is 5.08. The highest BCUT2D eigenvalue weighted by molar-refractivity contribution is 5.67. The third kappa shape index (κ3) is 3.86. The van der Waals surface area contributed by atoms with Crippen LogP contribution >= 0.6 is 0 Å². The predicted molar refractivity (Wildman–Crippen MR) is 107 cm³/mol. The number of nitrogens with zero attached hydrogens (tertiary/aromatic N) is 3. The summed E-state index contributed by atoms with van der Waals surface area (Å²) >= 11 is 0. The Bertz CT molecular complexity index is 1090. The van der Waals surface area contributed by atoms with Gasteiger partial charge < -0.3 is 20.1 Å². The molecule has 4 rings (SSSR count). The van der Waals surface area contributed by atoms with Gasteiger partial charge in [0.1, 0.15) is 11.8 Å². The number of nitrogens with one attached hydrogen (secondary N) is 1. The molecular weight excluding hydrogens is 368 g/mol. The summed E-state index contributed by atoms with van der Waals surface area (Å²) in [6.07, 6.45) is 1.83. The van der Waals surface area contributed by atoms with Crippen LogP contribution in [-0.4, -0.2) is 32.5 Å². The normalized spacial score (nSPS) is 15.9. The predicted octanol–water partition coefficient (Wildman–Crippen LogP) is 3.33. The molecule has 0 fully saturated rings. The number of nitriles is 1. The molecule has 0 saturated carbocycles. The zero-order chi connectivity index (χ0) is 20.6. The van der Waals surface area contributed by atoms with Gasteiger partial charge in [0, 0.05) is 23.7 Å². The molecule has 3 aromatic rings. The first kappa shape index (κ1) is 19.1. The van der Waals surface area contributed by atoms with E-state index >= 15 is 0 Å². The maximum Gasteiger partial charge on any atom is 0.258 e. The fourth-order valence-electron chi connectivity index (χ4n) is 3.66. The molecule has 0 bridgehead atoms. The highest BCUT2D eigenvalue weighted by Crippen LogP contribution is 2.37. The highest BCUT2D eigenvalue weighted by atomic mass is 16.5. The van der Waals surface area contributed by atoms with Crippen molar-refractivity contribution in [1.82, 2.24) is 15.5 Å².